The standard InChI is InChI=1S/C24H32NO3PS/c1-4-20(23(26)25-21-18(2)17-30-22(21)24(27)28-3)29(14-10-5-6-11-15-29)16-19-12-8-7-9-13-19/h7-9,12-13,17,20H,4-6,10-11,14-16H2,1-3H3/p+1. The van der Waals surface area contributed by atoms with Crippen LogP contribution in [0.2, 0.25) is 0 Å². The van der Waals surface area contributed by atoms with E-state index in [0.717, 1.165) is 18.1 Å². The summed E-state index contributed by atoms with van der Waals surface area (Å²) in [4.78, 5) is 26.3. The van der Waals surface area contributed by atoms with Crippen LogP contribution in [0.25, 0.3) is 0 Å². The highest BCUT2D eigenvalue weighted by molar-refractivity contribution is 7.76. The lowest BCUT2D eigenvalue weighted by Crippen LogP contribution is -2.33. The molecule has 0 bridgehead atoms. The molecule has 2 heterocycles. The Kier molecular flexibility index (Phi) is 8.07. The Bertz CT molecular complexity index is 857. The van der Waals surface area contributed by atoms with Crippen LogP contribution < -0.4 is 5.32 Å². The zero-order valence-corrected chi connectivity index (χ0v) is 20.0. The van der Waals surface area contributed by atoms with Crippen LogP contribution in [0.1, 0.15) is 59.8 Å². The van der Waals surface area contributed by atoms with Crippen LogP contribution in [0.5, 0.6) is 0 Å². The summed E-state index contributed by atoms with van der Waals surface area (Å²) in [5.74, 6) is -0.310. The summed E-state index contributed by atoms with van der Waals surface area (Å²) in [6.07, 6.45) is 9.20. The van der Waals surface area contributed by atoms with E-state index in [-0.39, 0.29) is 17.5 Å². The number of benzene rings is 1. The van der Waals surface area contributed by atoms with Gasteiger partial charge in [-0.2, -0.15) is 0 Å². The van der Waals surface area contributed by atoms with E-state index in [2.05, 4.69) is 42.6 Å². The Balaban J connectivity index is 1.91. The molecule has 1 atom stereocenters. The molecule has 0 saturated carbocycles. The van der Waals surface area contributed by atoms with Crippen molar-refractivity contribution in [1.82, 2.24) is 0 Å². The Hall–Kier alpha value is -1.71. The van der Waals surface area contributed by atoms with Crippen LogP contribution in [-0.2, 0) is 15.7 Å². The van der Waals surface area contributed by atoms with Crippen LogP contribution >= 0.6 is 18.6 Å². The zero-order valence-electron chi connectivity index (χ0n) is 18.3. The predicted octanol–water partition coefficient (Wildman–Crippen LogP) is 6.35. The molecule has 1 fully saturated rings. The van der Waals surface area contributed by atoms with Crippen LogP contribution in [-0.4, -0.2) is 37.0 Å². The monoisotopic (exact) mass is 446 g/mol. The molecule has 1 saturated heterocycles. The number of ether oxygens (including phenoxy) is 1. The van der Waals surface area contributed by atoms with Gasteiger partial charge in [-0.25, -0.2) is 4.79 Å². The van der Waals surface area contributed by atoms with Gasteiger partial charge in [-0.3, -0.25) is 4.79 Å². The minimum atomic E-state index is -1.53. The van der Waals surface area contributed by atoms with Gasteiger partial charge in [-0.15, -0.1) is 11.3 Å². The molecule has 1 amide bonds. The summed E-state index contributed by atoms with van der Waals surface area (Å²) >= 11 is 1.33. The topological polar surface area (TPSA) is 55.4 Å². The molecule has 1 unspecified atom stereocenters. The maximum absolute atomic E-state index is 13.6. The highest BCUT2D eigenvalue weighted by Gasteiger charge is 2.48. The lowest BCUT2D eigenvalue weighted by molar-refractivity contribution is -0.115. The molecule has 1 aromatic heterocycles. The third-order valence-electron chi connectivity index (χ3n) is 6.24. The molecule has 3 rings (SSSR count). The number of anilines is 1. The normalized spacial score (nSPS) is 17.0. The highest BCUT2D eigenvalue weighted by atomic mass is 32.1. The molecule has 2 aromatic rings. The van der Waals surface area contributed by atoms with Crippen molar-refractivity contribution in [3.63, 3.8) is 0 Å². The number of aryl methyl sites for hydroxylation is 1. The van der Waals surface area contributed by atoms with Crippen molar-refractivity contribution in [2.75, 3.05) is 24.8 Å². The van der Waals surface area contributed by atoms with Gasteiger partial charge in [0.1, 0.15) is 10.5 Å². The molecule has 0 spiro atoms. The molecule has 1 N–H and O–H groups in total. The third kappa shape index (κ3) is 5.12. The second-order valence-electron chi connectivity index (χ2n) is 8.25. The van der Waals surface area contributed by atoms with E-state index in [0.29, 0.717) is 10.6 Å². The van der Waals surface area contributed by atoms with Crippen molar-refractivity contribution in [2.24, 2.45) is 0 Å². The van der Waals surface area contributed by atoms with E-state index in [1.165, 1.54) is 62.0 Å². The van der Waals surface area contributed by atoms with Crippen LogP contribution in [0, 0.1) is 6.92 Å². The number of rotatable bonds is 7. The Labute approximate surface area is 184 Å². The molecule has 1 aliphatic rings. The summed E-state index contributed by atoms with van der Waals surface area (Å²) in [5, 5.41) is 5.06. The predicted molar refractivity (Wildman–Crippen MR) is 128 cm³/mol. The molecule has 4 nitrogen and oxygen atoms in total. The first-order chi connectivity index (χ1) is 14.5. The van der Waals surface area contributed by atoms with Crippen molar-refractivity contribution < 1.29 is 14.3 Å². The van der Waals surface area contributed by atoms with Gasteiger partial charge in [-0.1, -0.05) is 37.3 Å². The fourth-order valence-electron chi connectivity index (χ4n) is 4.72. The smallest absolute Gasteiger partial charge is 0.350 e. The van der Waals surface area contributed by atoms with Crippen molar-refractivity contribution in [3.05, 3.63) is 51.7 Å². The summed E-state index contributed by atoms with van der Waals surface area (Å²) < 4.78 is 4.92. The molecule has 162 valence electrons. The van der Waals surface area contributed by atoms with E-state index in [4.69, 9.17) is 4.74 Å². The number of esters is 1. The van der Waals surface area contributed by atoms with Gasteiger partial charge in [-0.05, 0) is 55.5 Å². The van der Waals surface area contributed by atoms with Gasteiger partial charge in [0, 0.05) is 7.26 Å². The van der Waals surface area contributed by atoms with E-state index in [9.17, 15) is 9.59 Å². The number of methoxy groups -OCH3 is 1. The van der Waals surface area contributed by atoms with Gasteiger partial charge >= 0.3 is 5.97 Å². The van der Waals surface area contributed by atoms with Crippen LogP contribution in [0.4, 0.5) is 5.69 Å². The summed E-state index contributed by atoms with van der Waals surface area (Å²) in [6, 6.07) is 10.7. The lowest BCUT2D eigenvalue weighted by atomic mass is 10.2. The maximum atomic E-state index is 13.6. The van der Waals surface area contributed by atoms with E-state index in [1.54, 1.807) is 0 Å². The van der Waals surface area contributed by atoms with Crippen molar-refractivity contribution in [1.29, 1.82) is 0 Å². The number of hydrogen-bond donors (Lipinski definition) is 1. The number of amides is 1. The summed E-state index contributed by atoms with van der Waals surface area (Å²) in [5.41, 5.74) is 2.91. The van der Waals surface area contributed by atoms with E-state index >= 15 is 0 Å². The highest BCUT2D eigenvalue weighted by Crippen LogP contribution is 2.68. The first-order valence-electron chi connectivity index (χ1n) is 10.9. The van der Waals surface area contributed by atoms with Crippen molar-refractivity contribution in [2.45, 2.75) is 57.8 Å². The third-order valence-corrected chi connectivity index (χ3v) is 12.7. The molecule has 1 aliphatic heterocycles. The van der Waals surface area contributed by atoms with Gasteiger partial charge in [0.25, 0.3) is 5.91 Å². The number of carbonyl (C=O) groups is 2. The molecule has 30 heavy (non-hydrogen) atoms. The molecular formula is C24H33NO3PS+. The van der Waals surface area contributed by atoms with Gasteiger partial charge in [0.15, 0.2) is 0 Å². The average Bonchev–Trinajstić information content (AvgIpc) is 2.95. The number of thiophene rings is 1. The lowest BCUT2D eigenvalue weighted by Gasteiger charge is -2.33. The van der Waals surface area contributed by atoms with Crippen LogP contribution in [0.3, 0.4) is 0 Å². The summed E-state index contributed by atoms with van der Waals surface area (Å²) in [7, 11) is -0.147. The van der Waals surface area contributed by atoms with Crippen LogP contribution in [0.15, 0.2) is 35.7 Å². The van der Waals surface area contributed by atoms with E-state index in [1.807, 2.05) is 12.3 Å². The second-order valence-corrected chi connectivity index (χ2v) is 13.4. The van der Waals surface area contributed by atoms with Crippen molar-refractivity contribution in [3.8, 4) is 0 Å². The molecule has 0 aliphatic carbocycles. The zero-order chi connectivity index (χ0) is 21.6. The largest absolute Gasteiger partial charge is 0.465 e. The number of hydrogen-bond acceptors (Lipinski definition) is 4. The van der Waals surface area contributed by atoms with Gasteiger partial charge in [0.05, 0.1) is 31.3 Å². The van der Waals surface area contributed by atoms with Gasteiger partial charge in [0.2, 0.25) is 0 Å². The first-order valence-corrected chi connectivity index (χ1v) is 14.2. The van der Waals surface area contributed by atoms with Crippen molar-refractivity contribution >= 4 is 36.2 Å². The number of nitrogens with one attached hydrogen (secondary N) is 1. The minimum Gasteiger partial charge on any atom is -0.465 e. The fourth-order valence-corrected chi connectivity index (χ4v) is 11.0. The number of carbonyl (C=O) groups excluding carboxylic acids is 2. The fraction of sp³-hybridized carbons (Fsp3) is 0.500. The van der Waals surface area contributed by atoms with Gasteiger partial charge < -0.3 is 10.1 Å². The molecular weight excluding hydrogens is 413 g/mol. The SMILES string of the molecule is CCC(C(=O)Nc1c(C)csc1C(=O)OC)[P+]1(Cc2ccccc2)CCCCCC1. The molecule has 6 heteroatoms. The quantitative estimate of drug-likeness (QED) is 0.398. The Morgan fingerprint density at radius 1 is 1.13 bits per heavy atom. The van der Waals surface area contributed by atoms with E-state index < -0.39 is 7.26 Å². The second kappa shape index (κ2) is 10.5. The maximum Gasteiger partial charge on any atom is 0.350 e. The molecule has 0 radical (unpaired) electrons. The Morgan fingerprint density at radius 3 is 2.40 bits per heavy atom. The Morgan fingerprint density at radius 2 is 1.80 bits per heavy atom. The first kappa shape index (κ1) is 23.0. The summed E-state index contributed by atoms with van der Waals surface area (Å²) in [6.45, 7) is 4.07. The minimum absolute atomic E-state index is 0.0144. The molecule has 1 aromatic carbocycles. The average molecular weight is 447 g/mol.